The van der Waals surface area contributed by atoms with E-state index in [2.05, 4.69) is 11.2 Å². The second-order valence-electron chi connectivity index (χ2n) is 2.53. The lowest BCUT2D eigenvalue weighted by molar-refractivity contribution is -0.137. The highest BCUT2D eigenvalue weighted by atomic mass is 19.4. The minimum Gasteiger partial charge on any atom is -0.240 e. The van der Waals surface area contributed by atoms with Crippen LogP contribution in [0.25, 0.3) is 5.52 Å². The highest BCUT2D eigenvalue weighted by molar-refractivity contribution is 5.46. The van der Waals surface area contributed by atoms with Gasteiger partial charge in [-0.1, -0.05) is 0 Å². The summed E-state index contributed by atoms with van der Waals surface area (Å²) in [5.41, 5.74) is -0.369. The van der Waals surface area contributed by atoms with Crippen LogP contribution in [0.4, 0.5) is 13.2 Å². The predicted octanol–water partition coefficient (Wildman–Crippen LogP) is 2.15. The molecule has 0 spiro atoms. The van der Waals surface area contributed by atoms with Crippen LogP contribution < -0.4 is 0 Å². The molecule has 0 unspecified atom stereocenters. The number of hydrogen-bond acceptors (Lipinski definition) is 1. The first kappa shape index (κ1) is 8.10. The molecule has 0 bridgehead atoms. The van der Waals surface area contributed by atoms with Crippen LogP contribution in [-0.4, -0.2) is 9.61 Å². The Morgan fingerprint density at radius 2 is 2.15 bits per heavy atom. The minimum atomic E-state index is -4.31. The van der Waals surface area contributed by atoms with Gasteiger partial charge in [0, 0.05) is 12.3 Å². The molecule has 0 N–H and O–H groups in total. The zero-order chi connectivity index (χ0) is 9.47. The zero-order valence-corrected chi connectivity index (χ0v) is 6.34. The van der Waals surface area contributed by atoms with Gasteiger partial charge in [0.25, 0.3) is 0 Å². The Bertz CT molecular complexity index is 430. The standard InChI is InChI=1S/C8H4F3N2/c9-8(10,11)6-2-4-13-7(5-6)1-3-12-13/h2-5H. The van der Waals surface area contributed by atoms with Crippen LogP contribution in [0.5, 0.6) is 0 Å². The summed E-state index contributed by atoms with van der Waals surface area (Å²) in [5.74, 6) is 0. The van der Waals surface area contributed by atoms with E-state index in [1.165, 1.54) is 16.9 Å². The van der Waals surface area contributed by atoms with E-state index in [4.69, 9.17) is 0 Å². The molecule has 2 aromatic heterocycles. The van der Waals surface area contributed by atoms with E-state index >= 15 is 0 Å². The second-order valence-corrected chi connectivity index (χ2v) is 2.53. The zero-order valence-electron chi connectivity index (χ0n) is 6.34. The lowest BCUT2D eigenvalue weighted by Gasteiger charge is -2.05. The van der Waals surface area contributed by atoms with Crippen molar-refractivity contribution in [3.63, 3.8) is 0 Å². The largest absolute Gasteiger partial charge is 0.416 e. The van der Waals surface area contributed by atoms with Crippen molar-refractivity contribution in [2.24, 2.45) is 0 Å². The summed E-state index contributed by atoms with van der Waals surface area (Å²) in [6.45, 7) is 0. The van der Waals surface area contributed by atoms with Crippen molar-refractivity contribution >= 4 is 5.52 Å². The topological polar surface area (TPSA) is 17.3 Å². The molecule has 5 heteroatoms. The molecule has 0 aliphatic heterocycles. The van der Waals surface area contributed by atoms with Crippen LogP contribution in [-0.2, 0) is 6.18 Å². The third-order valence-corrected chi connectivity index (χ3v) is 1.66. The third-order valence-electron chi connectivity index (χ3n) is 1.66. The van der Waals surface area contributed by atoms with Crippen molar-refractivity contribution in [2.75, 3.05) is 0 Å². The average molecular weight is 185 g/mol. The molecule has 0 saturated heterocycles. The van der Waals surface area contributed by atoms with E-state index in [1.54, 1.807) is 0 Å². The maximum atomic E-state index is 12.2. The van der Waals surface area contributed by atoms with Crippen LogP contribution in [0.2, 0.25) is 0 Å². The molecule has 2 aromatic rings. The number of halogens is 3. The maximum absolute atomic E-state index is 12.2. The SMILES string of the molecule is FC(F)(F)c1ccn2nc[c]c2c1. The van der Waals surface area contributed by atoms with Gasteiger partial charge in [-0.15, -0.1) is 0 Å². The Morgan fingerprint density at radius 1 is 1.38 bits per heavy atom. The molecule has 0 amide bonds. The Morgan fingerprint density at radius 3 is 2.85 bits per heavy atom. The van der Waals surface area contributed by atoms with Crippen molar-refractivity contribution < 1.29 is 13.2 Å². The molecule has 0 aliphatic carbocycles. The first-order valence-corrected chi connectivity index (χ1v) is 3.49. The molecule has 0 atom stereocenters. The van der Waals surface area contributed by atoms with Crippen molar-refractivity contribution in [1.29, 1.82) is 0 Å². The molecule has 13 heavy (non-hydrogen) atoms. The van der Waals surface area contributed by atoms with Gasteiger partial charge < -0.3 is 0 Å². The highest BCUT2D eigenvalue weighted by Gasteiger charge is 2.30. The van der Waals surface area contributed by atoms with Crippen LogP contribution in [0.1, 0.15) is 5.56 Å². The molecule has 0 aliphatic rings. The van der Waals surface area contributed by atoms with E-state index in [9.17, 15) is 13.2 Å². The van der Waals surface area contributed by atoms with Gasteiger partial charge in [0.2, 0.25) is 0 Å². The number of aromatic nitrogens is 2. The Balaban J connectivity index is 2.61. The Labute approximate surface area is 71.6 Å². The third kappa shape index (κ3) is 1.37. The Hall–Kier alpha value is -1.52. The summed E-state index contributed by atoms with van der Waals surface area (Å²) in [6, 6.07) is 4.57. The van der Waals surface area contributed by atoms with Crippen LogP contribution in [0.15, 0.2) is 24.5 Å². The van der Waals surface area contributed by atoms with Crippen LogP contribution in [0.3, 0.4) is 0 Å². The number of rotatable bonds is 0. The Kier molecular flexibility index (Phi) is 1.55. The fraction of sp³-hybridized carbons (Fsp3) is 0.125. The van der Waals surface area contributed by atoms with Crippen molar-refractivity contribution in [1.82, 2.24) is 9.61 Å². The molecule has 0 aromatic carbocycles. The number of nitrogens with zero attached hydrogens (tertiary/aromatic N) is 2. The van der Waals surface area contributed by atoms with Gasteiger partial charge >= 0.3 is 6.18 Å². The summed E-state index contributed by atoms with van der Waals surface area (Å²) in [4.78, 5) is 0. The van der Waals surface area contributed by atoms with Gasteiger partial charge in [-0.3, -0.25) is 0 Å². The van der Waals surface area contributed by atoms with Crippen LogP contribution in [0, 0.1) is 6.07 Å². The maximum Gasteiger partial charge on any atom is 0.416 e. The van der Waals surface area contributed by atoms with Gasteiger partial charge in [-0.05, 0) is 12.1 Å². The monoisotopic (exact) mass is 185 g/mol. The highest BCUT2D eigenvalue weighted by Crippen LogP contribution is 2.29. The number of pyridine rings is 1. The molecule has 2 rings (SSSR count). The van der Waals surface area contributed by atoms with Gasteiger partial charge in [0.1, 0.15) is 0 Å². The predicted molar refractivity (Wildman–Crippen MR) is 39.0 cm³/mol. The van der Waals surface area contributed by atoms with Crippen molar-refractivity contribution in [3.05, 3.63) is 36.2 Å². The fourth-order valence-electron chi connectivity index (χ4n) is 1.03. The van der Waals surface area contributed by atoms with E-state index in [0.29, 0.717) is 5.52 Å². The first-order chi connectivity index (χ1) is 6.07. The lowest BCUT2D eigenvalue weighted by Crippen LogP contribution is -2.05. The summed E-state index contributed by atoms with van der Waals surface area (Å²) in [7, 11) is 0. The summed E-state index contributed by atoms with van der Waals surface area (Å²) >= 11 is 0. The van der Waals surface area contributed by atoms with E-state index in [-0.39, 0.29) is 0 Å². The molecule has 2 nitrogen and oxygen atoms in total. The number of hydrogen-bond donors (Lipinski definition) is 0. The van der Waals surface area contributed by atoms with E-state index < -0.39 is 11.7 Å². The molecule has 2 heterocycles. The molecule has 0 fully saturated rings. The molecule has 1 radical (unpaired) electrons. The van der Waals surface area contributed by atoms with Crippen molar-refractivity contribution in [3.8, 4) is 0 Å². The van der Waals surface area contributed by atoms with Crippen molar-refractivity contribution in [2.45, 2.75) is 6.18 Å². The van der Waals surface area contributed by atoms with Gasteiger partial charge in [0.05, 0.1) is 17.3 Å². The summed E-state index contributed by atoms with van der Waals surface area (Å²) in [6.07, 6.45) is -1.72. The quantitative estimate of drug-likeness (QED) is 0.614. The van der Waals surface area contributed by atoms with Gasteiger partial charge in [-0.2, -0.15) is 18.3 Å². The van der Waals surface area contributed by atoms with Gasteiger partial charge in [-0.25, -0.2) is 4.52 Å². The normalized spacial score (nSPS) is 12.2. The summed E-state index contributed by atoms with van der Waals surface area (Å²) < 4.78 is 37.9. The molecular formula is C8H4F3N2. The number of fused-ring (bicyclic) bond motifs is 1. The van der Waals surface area contributed by atoms with E-state index in [1.807, 2.05) is 0 Å². The molecule has 0 saturated carbocycles. The van der Waals surface area contributed by atoms with Crippen LogP contribution >= 0.6 is 0 Å². The lowest BCUT2D eigenvalue weighted by atomic mass is 10.2. The van der Waals surface area contributed by atoms with E-state index in [0.717, 1.165) is 12.1 Å². The minimum absolute atomic E-state index is 0.315. The second kappa shape index (κ2) is 2.48. The fourth-order valence-corrected chi connectivity index (χ4v) is 1.03. The van der Waals surface area contributed by atoms with Gasteiger partial charge in [0.15, 0.2) is 0 Å². The molecular weight excluding hydrogens is 181 g/mol. The first-order valence-electron chi connectivity index (χ1n) is 3.49. The summed E-state index contributed by atoms with van der Waals surface area (Å²) in [5, 5.41) is 3.74. The molecule has 67 valence electrons. The smallest absolute Gasteiger partial charge is 0.240 e. The number of alkyl halides is 3. The average Bonchev–Trinajstić information content (AvgIpc) is 2.47.